The number of amides is 1. The monoisotopic (exact) mass is 298 g/mol. The molecular weight excluding hydrogens is 291 g/mol. The molecule has 0 unspecified atom stereocenters. The molecular formula is C11H8Cl2N4O2. The van der Waals surface area contributed by atoms with Gasteiger partial charge < -0.3 is 15.9 Å². The van der Waals surface area contributed by atoms with Gasteiger partial charge in [-0.2, -0.15) is 4.99 Å². The summed E-state index contributed by atoms with van der Waals surface area (Å²) in [7, 11) is 0. The fraction of sp³-hybridized carbons (Fsp3) is 0. The fourth-order valence-corrected chi connectivity index (χ4v) is 1.88. The minimum atomic E-state index is -0.692. The Morgan fingerprint density at radius 2 is 1.84 bits per heavy atom. The van der Waals surface area contributed by atoms with Crippen molar-refractivity contribution in [3.63, 3.8) is 0 Å². The molecule has 0 aliphatic rings. The Balaban J connectivity index is 2.35. The Bertz CT molecular complexity index is 642. The summed E-state index contributed by atoms with van der Waals surface area (Å²) in [5.74, 6) is -0.845. The Labute approximate surface area is 118 Å². The van der Waals surface area contributed by atoms with Gasteiger partial charge in [-0.25, -0.2) is 4.98 Å². The quantitative estimate of drug-likeness (QED) is 0.652. The summed E-state index contributed by atoms with van der Waals surface area (Å²) in [5, 5.41) is 0.857. The Morgan fingerprint density at radius 1 is 1.21 bits per heavy atom. The lowest BCUT2D eigenvalue weighted by Gasteiger charge is -1.97. The molecule has 98 valence electrons. The van der Waals surface area contributed by atoms with Gasteiger partial charge in [-0.1, -0.05) is 23.2 Å². The van der Waals surface area contributed by atoms with Gasteiger partial charge in [0.1, 0.15) is 6.26 Å². The van der Waals surface area contributed by atoms with Crippen LogP contribution in [0.1, 0.15) is 10.5 Å². The van der Waals surface area contributed by atoms with Crippen LogP contribution >= 0.6 is 23.2 Å². The fourth-order valence-electron chi connectivity index (χ4n) is 1.36. The van der Waals surface area contributed by atoms with Crippen LogP contribution in [0, 0.1) is 0 Å². The molecule has 0 spiro atoms. The second kappa shape index (κ2) is 5.29. The third-order valence-corrected chi connectivity index (χ3v) is 2.50. The Hall–Kier alpha value is -2.05. The van der Waals surface area contributed by atoms with Gasteiger partial charge in [0, 0.05) is 15.6 Å². The van der Waals surface area contributed by atoms with Gasteiger partial charge in [-0.3, -0.25) is 4.79 Å². The first-order chi connectivity index (χ1) is 8.95. The highest BCUT2D eigenvalue weighted by Gasteiger charge is 2.13. The zero-order valence-electron chi connectivity index (χ0n) is 9.43. The zero-order chi connectivity index (χ0) is 14.0. The highest BCUT2D eigenvalue weighted by molar-refractivity contribution is 6.35. The van der Waals surface area contributed by atoms with Crippen LogP contribution in [0.25, 0.3) is 11.5 Å². The summed E-state index contributed by atoms with van der Waals surface area (Å²) in [6.45, 7) is 0. The maximum atomic E-state index is 11.5. The van der Waals surface area contributed by atoms with E-state index in [1.807, 2.05) is 0 Å². The summed E-state index contributed by atoms with van der Waals surface area (Å²) in [6, 6.07) is 4.78. The predicted octanol–water partition coefficient (Wildman–Crippen LogP) is 2.06. The van der Waals surface area contributed by atoms with Gasteiger partial charge in [0.25, 0.3) is 0 Å². The molecule has 1 heterocycles. The van der Waals surface area contributed by atoms with E-state index in [4.69, 9.17) is 39.1 Å². The smallest absolute Gasteiger partial charge is 0.302 e. The minimum Gasteiger partial charge on any atom is -0.444 e. The normalized spacial score (nSPS) is 10.2. The number of carbonyl (C=O) groups is 1. The number of benzene rings is 1. The topological polar surface area (TPSA) is 108 Å². The first-order valence-electron chi connectivity index (χ1n) is 5.01. The number of halogens is 2. The van der Waals surface area contributed by atoms with E-state index in [-0.39, 0.29) is 17.5 Å². The van der Waals surface area contributed by atoms with Crippen molar-refractivity contribution in [2.75, 3.05) is 0 Å². The molecule has 2 aromatic rings. The van der Waals surface area contributed by atoms with Crippen molar-refractivity contribution in [1.82, 2.24) is 4.98 Å². The molecule has 4 N–H and O–H groups in total. The molecule has 0 bridgehead atoms. The summed E-state index contributed by atoms with van der Waals surface area (Å²) >= 11 is 11.7. The van der Waals surface area contributed by atoms with Gasteiger partial charge in [-0.15, -0.1) is 0 Å². The van der Waals surface area contributed by atoms with E-state index in [2.05, 4.69) is 9.98 Å². The van der Waals surface area contributed by atoms with Crippen molar-refractivity contribution in [3.05, 3.63) is 40.2 Å². The lowest BCUT2D eigenvalue weighted by Crippen LogP contribution is -2.24. The van der Waals surface area contributed by atoms with Crippen LogP contribution in [0.4, 0.5) is 0 Å². The SMILES string of the molecule is NC(N)=NC(=O)c1coc(-c2cc(Cl)cc(Cl)c2)n1. The number of hydrogen-bond donors (Lipinski definition) is 2. The maximum Gasteiger partial charge on any atom is 0.302 e. The molecule has 0 fully saturated rings. The number of aliphatic imine (C=N–C) groups is 1. The van der Waals surface area contributed by atoms with Crippen LogP contribution in [0.15, 0.2) is 33.9 Å². The number of hydrogen-bond acceptors (Lipinski definition) is 3. The van der Waals surface area contributed by atoms with Gasteiger partial charge in [-0.05, 0) is 18.2 Å². The van der Waals surface area contributed by atoms with Gasteiger partial charge in [0.2, 0.25) is 5.89 Å². The molecule has 0 aliphatic carbocycles. The lowest BCUT2D eigenvalue weighted by atomic mass is 10.2. The Kier molecular flexibility index (Phi) is 3.73. The first kappa shape index (κ1) is 13.4. The maximum absolute atomic E-state index is 11.5. The number of aromatic nitrogens is 1. The molecule has 6 nitrogen and oxygen atoms in total. The largest absolute Gasteiger partial charge is 0.444 e. The molecule has 1 aromatic carbocycles. The van der Waals surface area contributed by atoms with E-state index in [1.165, 1.54) is 0 Å². The molecule has 0 radical (unpaired) electrons. The third-order valence-electron chi connectivity index (χ3n) is 2.06. The van der Waals surface area contributed by atoms with E-state index >= 15 is 0 Å². The number of oxazole rings is 1. The van der Waals surface area contributed by atoms with Crippen LogP contribution in [-0.4, -0.2) is 16.9 Å². The van der Waals surface area contributed by atoms with E-state index in [0.29, 0.717) is 15.6 Å². The second-order valence-electron chi connectivity index (χ2n) is 3.54. The van der Waals surface area contributed by atoms with Gasteiger partial charge >= 0.3 is 5.91 Å². The van der Waals surface area contributed by atoms with Crippen molar-refractivity contribution in [2.45, 2.75) is 0 Å². The van der Waals surface area contributed by atoms with E-state index in [9.17, 15) is 4.79 Å². The lowest BCUT2D eigenvalue weighted by molar-refractivity contribution is 0.0998. The Morgan fingerprint density at radius 3 is 2.42 bits per heavy atom. The predicted molar refractivity (Wildman–Crippen MR) is 72.1 cm³/mol. The number of guanidine groups is 1. The molecule has 19 heavy (non-hydrogen) atoms. The number of rotatable bonds is 2. The summed E-state index contributed by atoms with van der Waals surface area (Å²) < 4.78 is 5.16. The van der Waals surface area contributed by atoms with Gasteiger partial charge in [0.05, 0.1) is 0 Å². The highest BCUT2D eigenvalue weighted by Crippen LogP contribution is 2.26. The molecule has 0 atom stereocenters. The minimum absolute atomic E-state index is 0.0144. The van der Waals surface area contributed by atoms with Crippen molar-refractivity contribution in [2.24, 2.45) is 16.5 Å². The summed E-state index contributed by atoms with van der Waals surface area (Å²) in [6.07, 6.45) is 1.15. The van der Waals surface area contributed by atoms with Crippen LogP contribution in [0.5, 0.6) is 0 Å². The van der Waals surface area contributed by atoms with Crippen LogP contribution in [-0.2, 0) is 0 Å². The van der Waals surface area contributed by atoms with Gasteiger partial charge in [0.15, 0.2) is 11.7 Å². The average molecular weight is 299 g/mol. The summed E-state index contributed by atoms with van der Waals surface area (Å²) in [5.41, 5.74) is 10.7. The second-order valence-corrected chi connectivity index (χ2v) is 4.41. The standard InChI is InChI=1S/C11H8Cl2N4O2/c12-6-1-5(2-7(13)3-6)10-16-8(4-19-10)9(18)17-11(14)15/h1-4H,(H4,14,15,17,18). The molecule has 0 saturated heterocycles. The van der Waals surface area contributed by atoms with Crippen molar-refractivity contribution in [1.29, 1.82) is 0 Å². The average Bonchev–Trinajstić information content (AvgIpc) is 2.75. The third kappa shape index (κ3) is 3.24. The van der Waals surface area contributed by atoms with E-state index < -0.39 is 5.91 Å². The molecule has 0 saturated carbocycles. The highest BCUT2D eigenvalue weighted by atomic mass is 35.5. The number of nitrogens with zero attached hydrogens (tertiary/aromatic N) is 2. The number of carbonyl (C=O) groups excluding carboxylic acids is 1. The summed E-state index contributed by atoms with van der Waals surface area (Å²) in [4.78, 5) is 18.8. The van der Waals surface area contributed by atoms with E-state index in [0.717, 1.165) is 6.26 Å². The zero-order valence-corrected chi connectivity index (χ0v) is 10.9. The molecule has 8 heteroatoms. The molecule has 2 rings (SSSR count). The van der Waals surface area contributed by atoms with Crippen LogP contribution < -0.4 is 11.5 Å². The molecule has 1 aromatic heterocycles. The van der Waals surface area contributed by atoms with Crippen molar-refractivity contribution in [3.8, 4) is 11.5 Å². The van der Waals surface area contributed by atoms with E-state index in [1.54, 1.807) is 18.2 Å². The van der Waals surface area contributed by atoms with Crippen molar-refractivity contribution >= 4 is 35.1 Å². The number of nitrogens with two attached hydrogens (primary N) is 2. The first-order valence-corrected chi connectivity index (χ1v) is 5.77. The van der Waals surface area contributed by atoms with Crippen molar-refractivity contribution < 1.29 is 9.21 Å². The van der Waals surface area contributed by atoms with Crippen LogP contribution in [0.3, 0.4) is 0 Å². The molecule has 0 aliphatic heterocycles. The van der Waals surface area contributed by atoms with Crippen LogP contribution in [0.2, 0.25) is 10.0 Å². The molecule has 1 amide bonds.